The molecule has 0 aromatic heterocycles. The van der Waals surface area contributed by atoms with Gasteiger partial charge in [-0.3, -0.25) is 19.8 Å². The van der Waals surface area contributed by atoms with Gasteiger partial charge >= 0.3 is 5.97 Å². The lowest BCUT2D eigenvalue weighted by molar-refractivity contribution is -0.137. The van der Waals surface area contributed by atoms with E-state index in [-0.39, 0.29) is 30.0 Å². The van der Waals surface area contributed by atoms with E-state index in [1.54, 1.807) is 24.3 Å². The van der Waals surface area contributed by atoms with Crippen LogP contribution < -0.4 is 16.4 Å². The van der Waals surface area contributed by atoms with Crippen LogP contribution in [0.1, 0.15) is 61.9 Å². The lowest BCUT2D eigenvalue weighted by Gasteiger charge is -2.17. The molecule has 0 heterocycles. The summed E-state index contributed by atoms with van der Waals surface area (Å²) in [7, 11) is 0. The van der Waals surface area contributed by atoms with E-state index in [1.807, 2.05) is 13.8 Å². The minimum absolute atomic E-state index is 0.0524. The third-order valence-corrected chi connectivity index (χ3v) is 4.10. The number of aliphatic carboxylic acids is 1. The largest absolute Gasteiger partial charge is 0.481 e. The van der Waals surface area contributed by atoms with Gasteiger partial charge in [0.2, 0.25) is 5.91 Å². The Hall–Kier alpha value is -2.90. The van der Waals surface area contributed by atoms with Gasteiger partial charge in [-0.05, 0) is 37.3 Å². The zero-order valence-electron chi connectivity index (χ0n) is 16.5. The quantitative estimate of drug-likeness (QED) is 0.210. The zero-order chi connectivity index (χ0) is 21.1. The molecule has 0 saturated heterocycles. The van der Waals surface area contributed by atoms with E-state index in [0.29, 0.717) is 43.4 Å². The highest BCUT2D eigenvalue weighted by Crippen LogP contribution is 2.08. The number of rotatable bonds is 12. The Labute approximate surface area is 165 Å². The van der Waals surface area contributed by atoms with E-state index in [0.717, 1.165) is 0 Å². The first-order valence-electron chi connectivity index (χ1n) is 9.42. The molecule has 8 nitrogen and oxygen atoms in total. The van der Waals surface area contributed by atoms with Gasteiger partial charge in [0.05, 0.1) is 6.42 Å². The highest BCUT2D eigenvalue weighted by molar-refractivity contribution is 5.98. The number of amidine groups is 1. The van der Waals surface area contributed by atoms with Crippen molar-refractivity contribution in [3.8, 4) is 0 Å². The van der Waals surface area contributed by atoms with Crippen LogP contribution in [0, 0.1) is 11.3 Å². The number of unbranched alkanes of at least 4 members (excludes halogenated alkanes) is 1. The molecule has 8 heteroatoms. The Morgan fingerprint density at radius 1 is 1.07 bits per heavy atom. The molecule has 1 aromatic carbocycles. The molecule has 6 N–H and O–H groups in total. The highest BCUT2D eigenvalue weighted by atomic mass is 16.4. The molecule has 154 valence electrons. The Bertz CT molecular complexity index is 686. The van der Waals surface area contributed by atoms with Crippen LogP contribution in [0.3, 0.4) is 0 Å². The molecule has 0 bridgehead atoms. The normalized spacial score (nSPS) is 11.7. The lowest BCUT2D eigenvalue weighted by atomic mass is 10.0. The van der Waals surface area contributed by atoms with E-state index in [1.165, 1.54) is 0 Å². The zero-order valence-corrected chi connectivity index (χ0v) is 16.5. The van der Waals surface area contributed by atoms with Crippen molar-refractivity contribution in [1.29, 1.82) is 5.41 Å². The van der Waals surface area contributed by atoms with Crippen LogP contribution in [0.25, 0.3) is 0 Å². The molecule has 0 radical (unpaired) electrons. The third-order valence-electron chi connectivity index (χ3n) is 4.10. The molecule has 0 aliphatic rings. The minimum atomic E-state index is -0.947. The predicted molar refractivity (Wildman–Crippen MR) is 107 cm³/mol. The number of nitrogens with two attached hydrogens (primary N) is 1. The third kappa shape index (κ3) is 9.16. The number of benzene rings is 1. The summed E-state index contributed by atoms with van der Waals surface area (Å²) in [4.78, 5) is 34.9. The molecule has 2 amide bonds. The van der Waals surface area contributed by atoms with Crippen molar-refractivity contribution in [2.24, 2.45) is 11.7 Å². The van der Waals surface area contributed by atoms with E-state index in [2.05, 4.69) is 10.6 Å². The van der Waals surface area contributed by atoms with Gasteiger partial charge in [0.15, 0.2) is 0 Å². The number of carboxylic acid groups (broad SMARTS) is 1. The number of nitrogen functional groups attached to an aromatic ring is 1. The van der Waals surface area contributed by atoms with E-state index in [4.69, 9.17) is 16.2 Å². The summed E-state index contributed by atoms with van der Waals surface area (Å²) < 4.78 is 0. The summed E-state index contributed by atoms with van der Waals surface area (Å²) >= 11 is 0. The number of nitrogens with one attached hydrogen (secondary N) is 3. The van der Waals surface area contributed by atoms with Crippen LogP contribution in [-0.2, 0) is 9.59 Å². The molecule has 0 aliphatic carbocycles. The Kier molecular flexibility index (Phi) is 9.70. The van der Waals surface area contributed by atoms with Crippen LogP contribution in [-0.4, -0.2) is 41.3 Å². The molecule has 0 unspecified atom stereocenters. The summed E-state index contributed by atoms with van der Waals surface area (Å²) in [6.45, 7) is 4.32. The van der Waals surface area contributed by atoms with Gasteiger partial charge in [-0.2, -0.15) is 0 Å². The van der Waals surface area contributed by atoms with Gasteiger partial charge in [0.1, 0.15) is 5.84 Å². The van der Waals surface area contributed by atoms with Crippen molar-refractivity contribution in [3.05, 3.63) is 35.4 Å². The average Bonchev–Trinajstić information content (AvgIpc) is 2.59. The topological polar surface area (TPSA) is 145 Å². The SMILES string of the molecule is CC(C)CC(=O)N[C@H](CCCCNC(=O)c1ccc(C(=N)N)cc1)CC(=O)O. The number of hydrogen-bond acceptors (Lipinski definition) is 4. The molecule has 1 atom stereocenters. The molecule has 0 saturated carbocycles. The number of amides is 2. The summed E-state index contributed by atoms with van der Waals surface area (Å²) in [5.74, 6) is -1.14. The van der Waals surface area contributed by atoms with Crippen LogP contribution in [0.4, 0.5) is 0 Å². The smallest absolute Gasteiger partial charge is 0.305 e. The molecular formula is C20H30N4O4. The van der Waals surface area contributed by atoms with Gasteiger partial charge in [0.25, 0.3) is 5.91 Å². The van der Waals surface area contributed by atoms with E-state index in [9.17, 15) is 14.4 Å². The van der Waals surface area contributed by atoms with Crippen LogP contribution >= 0.6 is 0 Å². The monoisotopic (exact) mass is 390 g/mol. The van der Waals surface area contributed by atoms with Crippen molar-refractivity contribution in [1.82, 2.24) is 10.6 Å². The molecular weight excluding hydrogens is 360 g/mol. The second-order valence-electron chi connectivity index (χ2n) is 7.20. The van der Waals surface area contributed by atoms with Crippen LogP contribution in [0.15, 0.2) is 24.3 Å². The van der Waals surface area contributed by atoms with Crippen LogP contribution in [0.2, 0.25) is 0 Å². The van der Waals surface area contributed by atoms with Crippen molar-refractivity contribution < 1.29 is 19.5 Å². The molecule has 1 aromatic rings. The first-order valence-corrected chi connectivity index (χ1v) is 9.42. The van der Waals surface area contributed by atoms with Gasteiger partial charge in [-0.25, -0.2) is 0 Å². The van der Waals surface area contributed by atoms with E-state index >= 15 is 0 Å². The van der Waals surface area contributed by atoms with Gasteiger partial charge < -0.3 is 21.5 Å². The summed E-state index contributed by atoms with van der Waals surface area (Å²) in [6.07, 6.45) is 2.16. The summed E-state index contributed by atoms with van der Waals surface area (Å²) in [5, 5.41) is 21.9. The molecule has 0 spiro atoms. The number of carbonyl (C=O) groups is 3. The van der Waals surface area contributed by atoms with Crippen molar-refractivity contribution in [2.45, 2.75) is 52.0 Å². The number of carbonyl (C=O) groups excluding carboxylic acids is 2. The molecule has 0 fully saturated rings. The molecule has 28 heavy (non-hydrogen) atoms. The van der Waals surface area contributed by atoms with Crippen molar-refractivity contribution >= 4 is 23.6 Å². The van der Waals surface area contributed by atoms with Gasteiger partial charge in [-0.1, -0.05) is 26.0 Å². The van der Waals surface area contributed by atoms with Crippen molar-refractivity contribution in [2.75, 3.05) is 6.54 Å². The van der Waals surface area contributed by atoms with Gasteiger partial charge in [-0.15, -0.1) is 0 Å². The molecule has 1 rings (SSSR count). The fraction of sp³-hybridized carbons (Fsp3) is 0.500. The van der Waals surface area contributed by atoms with Crippen molar-refractivity contribution in [3.63, 3.8) is 0 Å². The highest BCUT2D eigenvalue weighted by Gasteiger charge is 2.16. The molecule has 0 aliphatic heterocycles. The second-order valence-corrected chi connectivity index (χ2v) is 7.20. The Balaban J connectivity index is 2.37. The Morgan fingerprint density at radius 2 is 1.68 bits per heavy atom. The summed E-state index contributed by atoms with van der Waals surface area (Å²) in [6, 6.07) is 6.05. The van der Waals surface area contributed by atoms with Gasteiger partial charge in [0, 0.05) is 30.1 Å². The number of hydrogen-bond donors (Lipinski definition) is 5. The maximum absolute atomic E-state index is 12.1. The predicted octanol–water partition coefficient (Wildman–Crippen LogP) is 1.88. The van der Waals surface area contributed by atoms with E-state index < -0.39 is 12.0 Å². The first-order chi connectivity index (χ1) is 13.2. The fourth-order valence-electron chi connectivity index (χ4n) is 2.71. The summed E-state index contributed by atoms with van der Waals surface area (Å²) in [5.41, 5.74) is 6.42. The maximum Gasteiger partial charge on any atom is 0.305 e. The van der Waals surface area contributed by atoms with Crippen LogP contribution in [0.5, 0.6) is 0 Å². The standard InChI is InChI=1S/C20H30N4O4/c1-13(2)11-17(25)24-16(12-18(26)27)5-3-4-10-23-20(28)15-8-6-14(7-9-15)19(21)22/h6-9,13,16H,3-5,10-12H2,1-2H3,(H3,21,22)(H,23,28)(H,24,25)(H,26,27)/t16-/m1/s1. The first kappa shape index (κ1) is 23.1. The Morgan fingerprint density at radius 3 is 2.21 bits per heavy atom. The fourth-order valence-corrected chi connectivity index (χ4v) is 2.71. The average molecular weight is 390 g/mol. The minimum Gasteiger partial charge on any atom is -0.481 e. The maximum atomic E-state index is 12.1. The lowest BCUT2D eigenvalue weighted by Crippen LogP contribution is -2.37. The number of carboxylic acids is 1. The second kappa shape index (κ2) is 11.7.